The van der Waals surface area contributed by atoms with Crippen LogP contribution in [0.4, 0.5) is 0 Å². The van der Waals surface area contributed by atoms with Crippen LogP contribution < -0.4 is 10.4 Å². The summed E-state index contributed by atoms with van der Waals surface area (Å²) in [6.45, 7) is 12.3. The zero-order valence-corrected chi connectivity index (χ0v) is 11.1. The highest BCUT2D eigenvalue weighted by molar-refractivity contribution is 5.56. The molecule has 1 aromatic carbocycles. The maximum atomic E-state index is 4.05. The molecule has 0 fully saturated rings. The van der Waals surface area contributed by atoms with Gasteiger partial charge in [0.1, 0.15) is 0 Å². The van der Waals surface area contributed by atoms with Crippen molar-refractivity contribution in [2.24, 2.45) is 0 Å². The molecule has 0 aliphatic carbocycles. The molecule has 0 saturated carbocycles. The molecule has 1 rings (SSSR count). The summed E-state index contributed by atoms with van der Waals surface area (Å²) >= 11 is 0. The van der Waals surface area contributed by atoms with E-state index in [1.54, 1.807) is 0 Å². The van der Waals surface area contributed by atoms with E-state index in [4.69, 9.17) is 0 Å². The highest BCUT2D eigenvalue weighted by Crippen LogP contribution is 2.04. The topological polar surface area (TPSA) is 0 Å². The smallest absolute Gasteiger partial charge is 0.0158 e. The summed E-state index contributed by atoms with van der Waals surface area (Å²) in [5.74, 6) is 0. The van der Waals surface area contributed by atoms with Crippen LogP contribution in [0.5, 0.6) is 0 Å². The molecule has 0 N–H and O–H groups in total. The maximum absolute atomic E-state index is 4.05. The average Bonchev–Trinajstić information content (AvgIpc) is 2.32. The first-order valence-corrected chi connectivity index (χ1v) is 6.19. The number of hydrogen-bond acceptors (Lipinski definition) is 0. The van der Waals surface area contributed by atoms with Crippen molar-refractivity contribution in [3.05, 3.63) is 46.9 Å². The number of benzene rings is 1. The van der Waals surface area contributed by atoms with Gasteiger partial charge in [-0.1, -0.05) is 70.2 Å². The van der Waals surface area contributed by atoms with Crippen LogP contribution in [0.3, 0.4) is 0 Å². The molecular weight excluding hydrogens is 192 g/mol. The van der Waals surface area contributed by atoms with Crippen molar-refractivity contribution in [3.63, 3.8) is 0 Å². The van der Waals surface area contributed by atoms with Crippen LogP contribution in [0.15, 0.2) is 36.4 Å². The molecule has 0 radical (unpaired) electrons. The summed E-state index contributed by atoms with van der Waals surface area (Å²) in [6, 6.07) is 8.32. The SMILES string of the molecule is C=c1cccc/c1=C(/C=C\C)CCC.CC. The average molecular weight is 216 g/mol. The molecule has 0 saturated heterocycles. The van der Waals surface area contributed by atoms with Crippen molar-refractivity contribution in [3.8, 4) is 0 Å². The Morgan fingerprint density at radius 1 is 1.25 bits per heavy atom. The van der Waals surface area contributed by atoms with Gasteiger partial charge in [-0.05, 0) is 29.4 Å². The lowest BCUT2D eigenvalue weighted by Gasteiger charge is -1.99. The van der Waals surface area contributed by atoms with E-state index in [0.29, 0.717) is 0 Å². The monoisotopic (exact) mass is 216 g/mol. The molecule has 0 atom stereocenters. The summed E-state index contributed by atoms with van der Waals surface area (Å²) < 4.78 is 0. The predicted molar refractivity (Wildman–Crippen MR) is 75.7 cm³/mol. The fraction of sp³-hybridized carbons (Fsp3) is 0.375. The van der Waals surface area contributed by atoms with Gasteiger partial charge in [0.25, 0.3) is 0 Å². The minimum Gasteiger partial charge on any atom is -0.0911 e. The molecule has 16 heavy (non-hydrogen) atoms. The van der Waals surface area contributed by atoms with Crippen LogP contribution in [0, 0.1) is 0 Å². The lowest BCUT2D eigenvalue weighted by Crippen LogP contribution is -2.24. The maximum Gasteiger partial charge on any atom is -0.0158 e. The molecule has 0 aliphatic rings. The third-order valence-electron chi connectivity index (χ3n) is 2.25. The van der Waals surface area contributed by atoms with Crippen LogP contribution in [-0.4, -0.2) is 0 Å². The van der Waals surface area contributed by atoms with Gasteiger partial charge in [0.05, 0.1) is 0 Å². The Labute approximate surface area is 100 Å². The Balaban J connectivity index is 0.00000106. The number of allylic oxidation sites excluding steroid dienone is 2. The van der Waals surface area contributed by atoms with Gasteiger partial charge in [0, 0.05) is 0 Å². The quantitative estimate of drug-likeness (QED) is 0.723. The van der Waals surface area contributed by atoms with Gasteiger partial charge in [-0.25, -0.2) is 0 Å². The standard InChI is InChI=1S/C14H18.C2H6/c1-4-8-13(9-5-2)14-11-7-6-10-12(14)3;1-2/h4,6-8,10-11H,3,5,9H2,1-2H3;1-2H3/b8-4-,14-13+;. The fourth-order valence-electron chi connectivity index (χ4n) is 1.61. The highest BCUT2D eigenvalue weighted by Gasteiger charge is 1.92. The molecule has 88 valence electrons. The first-order chi connectivity index (χ1) is 7.79. The van der Waals surface area contributed by atoms with Crippen LogP contribution in [0.2, 0.25) is 0 Å². The largest absolute Gasteiger partial charge is 0.0911 e. The summed E-state index contributed by atoms with van der Waals surface area (Å²) in [5.41, 5.74) is 1.39. The highest BCUT2D eigenvalue weighted by atomic mass is 14.0. The van der Waals surface area contributed by atoms with E-state index in [0.717, 1.165) is 11.6 Å². The summed E-state index contributed by atoms with van der Waals surface area (Å²) in [5, 5.41) is 2.40. The van der Waals surface area contributed by atoms with Gasteiger partial charge >= 0.3 is 0 Å². The van der Waals surface area contributed by atoms with Gasteiger partial charge in [-0.2, -0.15) is 0 Å². The van der Waals surface area contributed by atoms with Gasteiger partial charge in [0.2, 0.25) is 0 Å². The molecule has 0 unspecified atom stereocenters. The van der Waals surface area contributed by atoms with E-state index in [-0.39, 0.29) is 0 Å². The lowest BCUT2D eigenvalue weighted by molar-refractivity contribution is 0.972. The zero-order chi connectivity index (χ0) is 12.4. The summed E-state index contributed by atoms with van der Waals surface area (Å²) in [7, 11) is 0. The molecule has 0 heterocycles. The molecule has 0 bridgehead atoms. The van der Waals surface area contributed by atoms with Gasteiger partial charge in [-0.3, -0.25) is 0 Å². The molecular formula is C16H24. The molecule has 0 amide bonds. The Kier molecular flexibility index (Phi) is 8.24. The summed E-state index contributed by atoms with van der Waals surface area (Å²) in [4.78, 5) is 0. The van der Waals surface area contributed by atoms with E-state index in [2.05, 4.69) is 50.8 Å². The Hall–Kier alpha value is -1.30. The van der Waals surface area contributed by atoms with Crippen LogP contribution >= 0.6 is 0 Å². The molecule has 0 aromatic heterocycles. The lowest BCUT2D eigenvalue weighted by atomic mass is 10.1. The molecule has 0 nitrogen and oxygen atoms in total. The third-order valence-corrected chi connectivity index (χ3v) is 2.25. The molecule has 0 heteroatoms. The predicted octanol–water partition coefficient (Wildman–Crippen LogP) is 3.65. The second kappa shape index (κ2) is 8.96. The van der Waals surface area contributed by atoms with E-state index in [1.165, 1.54) is 17.2 Å². The Bertz CT molecular complexity index is 410. The third kappa shape index (κ3) is 4.48. The van der Waals surface area contributed by atoms with Crippen LogP contribution in [0.1, 0.15) is 40.5 Å². The van der Waals surface area contributed by atoms with Gasteiger partial charge in [0.15, 0.2) is 0 Å². The first-order valence-electron chi connectivity index (χ1n) is 6.19. The van der Waals surface area contributed by atoms with Crippen molar-refractivity contribution in [2.45, 2.75) is 40.5 Å². The minimum atomic E-state index is 1.12. The van der Waals surface area contributed by atoms with Crippen molar-refractivity contribution < 1.29 is 0 Å². The summed E-state index contributed by atoms with van der Waals surface area (Å²) in [6.07, 6.45) is 6.58. The van der Waals surface area contributed by atoms with Gasteiger partial charge in [-0.15, -0.1) is 0 Å². The fourth-order valence-corrected chi connectivity index (χ4v) is 1.61. The Morgan fingerprint density at radius 3 is 2.38 bits per heavy atom. The normalized spacial score (nSPS) is 12.0. The number of hydrogen-bond donors (Lipinski definition) is 0. The van der Waals surface area contributed by atoms with Crippen molar-refractivity contribution >= 4 is 12.2 Å². The zero-order valence-electron chi connectivity index (χ0n) is 11.1. The molecule has 0 aliphatic heterocycles. The molecule has 1 aromatic rings. The second-order valence-electron chi connectivity index (χ2n) is 3.43. The van der Waals surface area contributed by atoms with E-state index >= 15 is 0 Å². The van der Waals surface area contributed by atoms with Crippen LogP contribution in [0.25, 0.3) is 12.2 Å². The minimum absolute atomic E-state index is 1.12. The van der Waals surface area contributed by atoms with Crippen LogP contribution in [-0.2, 0) is 0 Å². The van der Waals surface area contributed by atoms with Crippen molar-refractivity contribution in [1.82, 2.24) is 0 Å². The van der Waals surface area contributed by atoms with Gasteiger partial charge < -0.3 is 0 Å². The Morgan fingerprint density at radius 2 is 1.88 bits per heavy atom. The van der Waals surface area contributed by atoms with Crippen molar-refractivity contribution in [2.75, 3.05) is 0 Å². The number of rotatable bonds is 3. The molecule has 0 spiro atoms. The first kappa shape index (κ1) is 14.7. The van der Waals surface area contributed by atoms with E-state index < -0.39 is 0 Å². The van der Waals surface area contributed by atoms with Crippen molar-refractivity contribution in [1.29, 1.82) is 0 Å². The van der Waals surface area contributed by atoms with E-state index in [9.17, 15) is 0 Å². The second-order valence-corrected chi connectivity index (χ2v) is 3.43. The van der Waals surface area contributed by atoms with E-state index in [1.807, 2.05) is 19.9 Å².